The predicted molar refractivity (Wildman–Crippen MR) is 112 cm³/mol. The smallest absolute Gasteiger partial charge is 0.305 e. The molecule has 2 N–H and O–H groups in total. The third-order valence-corrected chi connectivity index (χ3v) is 8.01. The fraction of sp³-hybridized carbons (Fsp3) is 0.864. The molecule has 5 heteroatoms. The molecule has 1 saturated heterocycles. The summed E-state index contributed by atoms with van der Waals surface area (Å²) in [7, 11) is 1.44. The third kappa shape index (κ3) is 6.79. The Bertz CT molecular complexity index is 481. The lowest BCUT2D eigenvalue weighted by atomic mass is 9.88. The molecule has 2 aliphatic rings. The summed E-state index contributed by atoms with van der Waals surface area (Å²) in [6, 6.07) is 0. The number of hydrogen-bond acceptors (Lipinski definition) is 5. The van der Waals surface area contributed by atoms with E-state index in [1.54, 1.807) is 0 Å². The number of hydrogen-bond donors (Lipinski definition) is 2. The van der Waals surface area contributed by atoms with Crippen molar-refractivity contribution >= 4 is 17.7 Å². The molecule has 0 aromatic carbocycles. The van der Waals surface area contributed by atoms with E-state index in [1.165, 1.54) is 7.11 Å². The zero-order valence-corrected chi connectivity index (χ0v) is 18.0. The minimum absolute atomic E-state index is 0.119. The number of ether oxygens (including phenoxy) is 1. The van der Waals surface area contributed by atoms with Crippen LogP contribution < -0.4 is 0 Å². The number of thioether (sulfide) groups is 1. The number of unbranched alkanes of at least 4 members (excludes halogenated alkanes) is 2. The fourth-order valence-corrected chi connectivity index (χ4v) is 6.44. The van der Waals surface area contributed by atoms with E-state index in [-0.39, 0.29) is 23.9 Å². The largest absolute Gasteiger partial charge is 0.469 e. The van der Waals surface area contributed by atoms with E-state index >= 15 is 0 Å². The van der Waals surface area contributed by atoms with Gasteiger partial charge in [0.25, 0.3) is 0 Å². The summed E-state index contributed by atoms with van der Waals surface area (Å²) >= 11 is 2.03. The molecule has 1 unspecified atom stereocenters. The Morgan fingerprint density at radius 3 is 2.78 bits per heavy atom. The molecule has 2 fully saturated rings. The van der Waals surface area contributed by atoms with Gasteiger partial charge < -0.3 is 14.9 Å². The molecule has 0 radical (unpaired) electrons. The lowest BCUT2D eigenvalue weighted by Gasteiger charge is -2.20. The van der Waals surface area contributed by atoms with Gasteiger partial charge >= 0.3 is 5.97 Å². The maximum absolute atomic E-state index is 11.2. The summed E-state index contributed by atoms with van der Waals surface area (Å²) in [5, 5.41) is 22.0. The number of rotatable bonds is 11. The van der Waals surface area contributed by atoms with E-state index in [9.17, 15) is 15.0 Å². The topological polar surface area (TPSA) is 66.8 Å². The van der Waals surface area contributed by atoms with Crippen molar-refractivity contribution < 1.29 is 19.7 Å². The average Bonchev–Trinajstić information content (AvgIpc) is 3.17. The molecule has 2 rings (SSSR count). The molecule has 0 amide bonds. The normalized spacial score (nSPS) is 32.6. The third-order valence-electron chi connectivity index (χ3n) is 6.30. The van der Waals surface area contributed by atoms with Crippen molar-refractivity contribution in [3.63, 3.8) is 0 Å². The van der Waals surface area contributed by atoms with Gasteiger partial charge in [-0.25, -0.2) is 0 Å². The standard InChI is InChI=1S/C22H38O4S/c1-4-5-8-15(2)19(23)12-11-17-18-13-16(27-21(18)14-20(17)24)9-6-7-10-22(25)26-3/h11-12,15-21,23-24H,4-10,13-14H2,1-3H3/b12-11+/t15-,16?,17-,18-,19-,20-,21-/m1/s1. The van der Waals surface area contributed by atoms with Crippen LogP contribution in [0, 0.1) is 17.8 Å². The molecule has 0 bridgehead atoms. The minimum atomic E-state index is -0.411. The first-order valence-corrected chi connectivity index (χ1v) is 11.7. The van der Waals surface area contributed by atoms with Crippen LogP contribution in [0.2, 0.25) is 0 Å². The minimum Gasteiger partial charge on any atom is -0.469 e. The molecule has 1 aliphatic carbocycles. The Labute approximate surface area is 169 Å². The SMILES string of the molecule is CCCC[C@@H](C)[C@H](O)/C=C/[C@@H]1[C@H]2CC(CCCCC(=O)OC)S[C@@H]2C[C@H]1O. The number of fused-ring (bicyclic) bond motifs is 1. The van der Waals surface area contributed by atoms with Gasteiger partial charge in [-0.05, 0) is 43.9 Å². The van der Waals surface area contributed by atoms with Crippen LogP contribution >= 0.6 is 11.8 Å². The average molecular weight is 399 g/mol. The second kappa shape index (κ2) is 11.5. The Morgan fingerprint density at radius 2 is 2.07 bits per heavy atom. The molecule has 0 spiro atoms. The maximum Gasteiger partial charge on any atom is 0.305 e. The molecular formula is C22H38O4S. The molecule has 0 aromatic heterocycles. The summed E-state index contributed by atoms with van der Waals surface area (Å²) in [6.07, 6.45) is 12.3. The second-order valence-electron chi connectivity index (χ2n) is 8.39. The maximum atomic E-state index is 11.2. The summed E-state index contributed by atoms with van der Waals surface area (Å²) in [5.74, 6) is 0.850. The van der Waals surface area contributed by atoms with Crippen molar-refractivity contribution in [1.82, 2.24) is 0 Å². The quantitative estimate of drug-likeness (QED) is 0.308. The Morgan fingerprint density at radius 1 is 1.30 bits per heavy atom. The number of methoxy groups -OCH3 is 1. The van der Waals surface area contributed by atoms with Crippen LogP contribution in [0.4, 0.5) is 0 Å². The second-order valence-corrected chi connectivity index (χ2v) is 9.94. The molecule has 4 nitrogen and oxygen atoms in total. The molecule has 1 heterocycles. The number of aliphatic hydroxyl groups excluding tert-OH is 2. The van der Waals surface area contributed by atoms with Gasteiger partial charge in [-0.3, -0.25) is 4.79 Å². The zero-order valence-electron chi connectivity index (χ0n) is 17.2. The lowest BCUT2D eigenvalue weighted by molar-refractivity contribution is -0.140. The number of aliphatic hydroxyl groups is 2. The lowest BCUT2D eigenvalue weighted by Crippen LogP contribution is -2.20. The van der Waals surface area contributed by atoms with Crippen LogP contribution in [0.5, 0.6) is 0 Å². The van der Waals surface area contributed by atoms with Crippen molar-refractivity contribution in [3.05, 3.63) is 12.2 Å². The van der Waals surface area contributed by atoms with Gasteiger partial charge in [0.05, 0.1) is 19.3 Å². The van der Waals surface area contributed by atoms with Crippen molar-refractivity contribution in [2.24, 2.45) is 17.8 Å². The van der Waals surface area contributed by atoms with E-state index in [1.807, 2.05) is 17.8 Å². The summed E-state index contributed by atoms with van der Waals surface area (Å²) in [5.41, 5.74) is 0. The number of esters is 1. The van der Waals surface area contributed by atoms with Crippen LogP contribution in [0.15, 0.2) is 12.2 Å². The van der Waals surface area contributed by atoms with Crippen molar-refractivity contribution in [3.8, 4) is 0 Å². The van der Waals surface area contributed by atoms with Gasteiger partial charge in [-0.1, -0.05) is 45.3 Å². The first kappa shape index (κ1) is 22.8. The summed E-state index contributed by atoms with van der Waals surface area (Å²) in [4.78, 5) is 11.2. The monoisotopic (exact) mass is 398 g/mol. The predicted octanol–water partition coefficient (Wildman–Crippen LogP) is 4.33. The highest BCUT2D eigenvalue weighted by Gasteiger charge is 2.47. The van der Waals surface area contributed by atoms with Crippen molar-refractivity contribution in [2.45, 2.75) is 94.3 Å². The first-order chi connectivity index (χ1) is 13.0. The summed E-state index contributed by atoms with van der Waals surface area (Å²) in [6.45, 7) is 4.28. The van der Waals surface area contributed by atoms with Gasteiger partial charge in [0.1, 0.15) is 0 Å². The zero-order chi connectivity index (χ0) is 19.8. The van der Waals surface area contributed by atoms with Gasteiger partial charge in [0.15, 0.2) is 0 Å². The van der Waals surface area contributed by atoms with Gasteiger partial charge in [-0.2, -0.15) is 11.8 Å². The Kier molecular flexibility index (Phi) is 9.67. The molecule has 7 atom stereocenters. The van der Waals surface area contributed by atoms with Crippen molar-refractivity contribution in [2.75, 3.05) is 7.11 Å². The molecule has 1 aliphatic heterocycles. The van der Waals surface area contributed by atoms with Crippen LogP contribution in [0.25, 0.3) is 0 Å². The van der Waals surface area contributed by atoms with Crippen molar-refractivity contribution in [1.29, 1.82) is 0 Å². The Hall–Kier alpha value is -0.520. The van der Waals surface area contributed by atoms with Crippen LogP contribution in [-0.2, 0) is 9.53 Å². The van der Waals surface area contributed by atoms with Crippen LogP contribution in [0.1, 0.15) is 71.6 Å². The number of carbonyl (C=O) groups excluding carboxylic acids is 1. The van der Waals surface area contributed by atoms with E-state index < -0.39 is 6.10 Å². The van der Waals surface area contributed by atoms with Crippen LogP contribution in [0.3, 0.4) is 0 Å². The highest BCUT2D eigenvalue weighted by molar-refractivity contribution is 8.00. The molecule has 1 saturated carbocycles. The highest BCUT2D eigenvalue weighted by Crippen LogP contribution is 2.52. The molecular weight excluding hydrogens is 360 g/mol. The van der Waals surface area contributed by atoms with Gasteiger partial charge in [0.2, 0.25) is 0 Å². The molecule has 0 aromatic rings. The van der Waals surface area contributed by atoms with Gasteiger partial charge in [0, 0.05) is 22.8 Å². The fourth-order valence-electron chi connectivity index (χ4n) is 4.50. The van der Waals surface area contributed by atoms with E-state index in [0.717, 1.165) is 51.4 Å². The van der Waals surface area contributed by atoms with E-state index in [0.29, 0.717) is 22.8 Å². The highest BCUT2D eigenvalue weighted by atomic mass is 32.2. The summed E-state index contributed by atoms with van der Waals surface area (Å²) < 4.78 is 4.69. The molecule has 156 valence electrons. The van der Waals surface area contributed by atoms with Gasteiger partial charge in [-0.15, -0.1) is 0 Å². The first-order valence-electron chi connectivity index (χ1n) is 10.7. The van der Waals surface area contributed by atoms with E-state index in [4.69, 9.17) is 4.74 Å². The van der Waals surface area contributed by atoms with Crippen LogP contribution in [-0.4, -0.2) is 46.0 Å². The Balaban J connectivity index is 1.78. The number of carbonyl (C=O) groups is 1. The van der Waals surface area contributed by atoms with E-state index in [2.05, 4.69) is 19.9 Å². The molecule has 27 heavy (non-hydrogen) atoms.